The van der Waals surface area contributed by atoms with Gasteiger partial charge >= 0.3 is 0 Å². The van der Waals surface area contributed by atoms with Crippen molar-refractivity contribution in [2.45, 2.75) is 516 Å². The van der Waals surface area contributed by atoms with E-state index in [1.807, 2.05) is 6.92 Å². The molecule has 3 fully saturated rings. The van der Waals surface area contributed by atoms with Crippen molar-refractivity contribution in [2.24, 2.45) is 51.5 Å². The number of aryl methyl sites for hydroxylation is 9. The van der Waals surface area contributed by atoms with Gasteiger partial charge in [-0.05, 0) is 312 Å². The molecule has 4 aliphatic carbocycles. The van der Waals surface area contributed by atoms with Crippen LogP contribution in [-0.4, -0.2) is 69.5 Å². The highest BCUT2D eigenvalue weighted by atomic mass is 16.3. The minimum absolute atomic E-state index is 0.0167. The third-order valence-electron chi connectivity index (χ3n) is 32.0. The summed E-state index contributed by atoms with van der Waals surface area (Å²) in [4.78, 5) is 0. The Hall–Kier alpha value is -5.00. The van der Waals surface area contributed by atoms with E-state index < -0.39 is 11.1 Å². The Labute approximate surface area is 821 Å². The fourth-order valence-electron chi connectivity index (χ4n) is 21.0. The van der Waals surface area contributed by atoms with Gasteiger partial charge in [-0.2, -0.15) is 0 Å². The molecule has 3 saturated carbocycles. The quantitative estimate of drug-likeness (QED) is 0.0173. The average molecular weight is 1830 g/mol. The van der Waals surface area contributed by atoms with Crippen molar-refractivity contribution in [3.05, 3.63) is 212 Å². The summed E-state index contributed by atoms with van der Waals surface area (Å²) in [5.41, 5.74) is 43.7. The Morgan fingerprint density at radius 2 is 0.654 bits per heavy atom. The number of unbranched alkanes of at least 4 members (excludes halogenated alkanes) is 30. The van der Waals surface area contributed by atoms with Gasteiger partial charge in [0.2, 0.25) is 0 Å². The number of aliphatic hydroxyl groups is 4. The third-order valence-corrected chi connectivity index (χ3v) is 32.0. The SMILES string of the molecule is CCCCCCCCc1ccc(C2CC(C)(CO)C2)cc1.CCCCCCCCc1ccc(C2CCC(C)(CO)C2)cc1.CCCCCCCCc1ccc(CC2CCC(CC)C2N)cc1.CCCCCCCCc1ccc(CCC(N)(CC)CO)cc1.CCCCCCCCc1ccc(CC[C@](C)(N)CC)cc1.CCCCCCCCc1ccc2c(c1)CCC(C(N)(CC)CO)C2. The van der Waals surface area contributed by atoms with Crippen LogP contribution in [0, 0.1) is 28.6 Å². The first kappa shape index (κ1) is 118. The van der Waals surface area contributed by atoms with Crippen LogP contribution in [0.1, 0.15) is 495 Å². The molecule has 754 valence electrons. The fraction of sp³-hybridized carbons (Fsp3) is 0.712. The summed E-state index contributed by atoms with van der Waals surface area (Å²) < 4.78 is 0. The van der Waals surface area contributed by atoms with Crippen LogP contribution in [0.5, 0.6) is 0 Å². The largest absolute Gasteiger partial charge is 0.396 e. The first-order valence-electron chi connectivity index (χ1n) is 56.5. The highest BCUT2D eigenvalue weighted by Gasteiger charge is 2.41. The predicted molar refractivity (Wildman–Crippen MR) is 582 cm³/mol. The molecule has 0 radical (unpaired) electrons. The molecule has 0 bridgehead atoms. The highest BCUT2D eigenvalue weighted by Crippen LogP contribution is 2.51. The van der Waals surface area contributed by atoms with Crippen LogP contribution in [0.2, 0.25) is 0 Å². The maximum absolute atomic E-state index is 9.68. The molecule has 4 aliphatic rings. The minimum Gasteiger partial charge on any atom is -0.396 e. The van der Waals surface area contributed by atoms with E-state index in [0.29, 0.717) is 42.9 Å². The zero-order chi connectivity index (χ0) is 96.7. The number of nitrogens with two attached hydrogens (primary N) is 4. The molecule has 6 aromatic carbocycles. The zero-order valence-electron chi connectivity index (χ0n) is 88.8. The third kappa shape index (κ3) is 48.6. The second-order valence-electron chi connectivity index (χ2n) is 44.0. The molecular weight excluding hydrogens is 1620 g/mol. The van der Waals surface area contributed by atoms with Gasteiger partial charge in [-0.25, -0.2) is 0 Å². The van der Waals surface area contributed by atoms with Crippen LogP contribution in [0.4, 0.5) is 0 Å². The fourth-order valence-corrected chi connectivity index (χ4v) is 21.0. The maximum Gasteiger partial charge on any atom is 0.0613 e. The molecule has 12 N–H and O–H groups in total. The van der Waals surface area contributed by atoms with Crippen LogP contribution in [0.15, 0.2) is 140 Å². The van der Waals surface area contributed by atoms with Gasteiger partial charge in [0.1, 0.15) is 0 Å². The van der Waals surface area contributed by atoms with Crippen LogP contribution in [0.25, 0.3) is 0 Å². The summed E-state index contributed by atoms with van der Waals surface area (Å²) in [6.45, 7) is 29.6. The average Bonchev–Trinajstić information content (AvgIpc) is 1.51. The monoisotopic (exact) mass is 1830 g/mol. The first-order chi connectivity index (χ1) is 64.4. The molecule has 9 atom stereocenters. The number of hydrogen-bond donors (Lipinski definition) is 8. The van der Waals surface area contributed by atoms with Crippen LogP contribution >= 0.6 is 0 Å². The molecule has 0 aliphatic heterocycles. The number of fused-ring (bicyclic) bond motifs is 1. The van der Waals surface area contributed by atoms with Crippen LogP contribution < -0.4 is 22.9 Å². The van der Waals surface area contributed by atoms with Gasteiger partial charge < -0.3 is 43.4 Å². The molecule has 8 unspecified atom stereocenters. The summed E-state index contributed by atoms with van der Waals surface area (Å²) in [6, 6.07) is 53.6. The minimum atomic E-state index is -0.419. The van der Waals surface area contributed by atoms with Gasteiger partial charge in [-0.1, -0.05) is 422 Å². The summed E-state index contributed by atoms with van der Waals surface area (Å²) in [5, 5.41) is 37.9. The number of hydrogen-bond acceptors (Lipinski definition) is 8. The van der Waals surface area contributed by atoms with Gasteiger partial charge in [-0.15, -0.1) is 0 Å². The lowest BCUT2D eigenvalue weighted by Crippen LogP contribution is -2.51. The predicted octanol–water partition coefficient (Wildman–Crippen LogP) is 32.3. The Bertz CT molecular complexity index is 3740. The molecular formula is C125H210N4O4. The van der Waals surface area contributed by atoms with Crippen molar-refractivity contribution in [3.8, 4) is 0 Å². The van der Waals surface area contributed by atoms with Crippen molar-refractivity contribution in [1.82, 2.24) is 0 Å². The van der Waals surface area contributed by atoms with Crippen molar-refractivity contribution in [3.63, 3.8) is 0 Å². The summed E-state index contributed by atoms with van der Waals surface area (Å²) in [6.07, 6.45) is 77.4. The molecule has 133 heavy (non-hydrogen) atoms. The second kappa shape index (κ2) is 69.8. The van der Waals surface area contributed by atoms with E-state index in [1.165, 1.54) is 374 Å². The van der Waals surface area contributed by atoms with E-state index in [1.54, 1.807) is 0 Å². The van der Waals surface area contributed by atoms with E-state index in [4.69, 9.17) is 22.9 Å². The van der Waals surface area contributed by atoms with E-state index >= 15 is 0 Å². The van der Waals surface area contributed by atoms with E-state index in [2.05, 4.69) is 223 Å². The van der Waals surface area contributed by atoms with Crippen molar-refractivity contribution in [2.75, 3.05) is 26.4 Å². The number of aliphatic hydroxyl groups excluding tert-OH is 4. The van der Waals surface area contributed by atoms with Crippen LogP contribution in [0.3, 0.4) is 0 Å². The normalized spacial score (nSPS) is 20.3. The maximum atomic E-state index is 9.68. The molecule has 10 rings (SSSR count). The molecule has 8 heteroatoms. The van der Waals surface area contributed by atoms with Crippen LogP contribution in [-0.2, 0) is 70.6 Å². The molecule has 6 aromatic rings. The number of benzene rings is 6. The lowest BCUT2D eigenvalue weighted by Gasteiger charge is -2.44. The summed E-state index contributed by atoms with van der Waals surface area (Å²) in [5.74, 6) is 3.19. The van der Waals surface area contributed by atoms with E-state index in [0.717, 1.165) is 95.8 Å². The smallest absolute Gasteiger partial charge is 0.0613 e. The Morgan fingerprint density at radius 3 is 0.992 bits per heavy atom. The zero-order valence-corrected chi connectivity index (χ0v) is 88.8. The lowest BCUT2D eigenvalue weighted by molar-refractivity contribution is 0.0434. The molecule has 0 amide bonds. The molecule has 0 saturated heterocycles. The van der Waals surface area contributed by atoms with E-state index in [9.17, 15) is 20.4 Å². The molecule has 0 heterocycles. The van der Waals surface area contributed by atoms with Gasteiger partial charge in [0.25, 0.3) is 0 Å². The molecule has 0 aromatic heterocycles. The van der Waals surface area contributed by atoms with Crippen molar-refractivity contribution >= 4 is 0 Å². The topological polar surface area (TPSA) is 185 Å². The summed E-state index contributed by atoms with van der Waals surface area (Å²) >= 11 is 0. The highest BCUT2D eigenvalue weighted by molar-refractivity contribution is 5.36. The van der Waals surface area contributed by atoms with Gasteiger partial charge in [-0.3, -0.25) is 0 Å². The standard InChI is InChI=1S/C22H37NO.C22H37N.C21H34O.C20H35NO.C20H35N.C20H32O/c1-3-5-6-7-8-9-10-18-11-12-20-16-21(14-13-19(20)15-18)22(23,4-2)17-24;1-3-5-6-7-8-9-10-18-11-13-19(14-12-18)17-21-16-15-20(4-2)22(21)23;1-3-4-5-6-7-8-9-18-10-12-19(13-11-18)20-14-15-21(2,16-20)17-22;1-3-5-6-7-8-9-10-18-11-13-19(14-12-18)15-16-20(21,4-2)17-22;1-4-6-7-8-9-10-11-18-12-14-19(15-13-18)16-17-20(3,21)5-2;1-3-4-5-6-7-8-9-17-10-12-18(13-11-17)19-14-20(2,15-19)16-21/h11-12,15,21,24H,3-10,13-14,16-17,23H2,1-2H3;11-14,20-22H,3-10,15-17,23H2,1-2H3;10-13,20,22H,3-9,14-17H2,1-2H3;11-14,22H,3-10,15-17,21H2,1-2H3;12-15H,4-11,16-17,21H2,1-3H3;10-13,19,21H,3-9,14-16H2,1-2H3/t;;;;20-;/m....1./s1. The van der Waals surface area contributed by atoms with E-state index in [-0.39, 0.29) is 29.6 Å². The second-order valence-corrected chi connectivity index (χ2v) is 44.0. The Morgan fingerprint density at radius 1 is 0.323 bits per heavy atom. The first-order valence-corrected chi connectivity index (χ1v) is 56.5. The molecule has 0 spiro atoms. The molecule has 8 nitrogen and oxygen atoms in total. The van der Waals surface area contributed by atoms with Gasteiger partial charge in [0.15, 0.2) is 0 Å². The number of rotatable bonds is 61. The lowest BCUT2D eigenvalue weighted by atomic mass is 9.61. The summed E-state index contributed by atoms with van der Waals surface area (Å²) in [7, 11) is 0. The van der Waals surface area contributed by atoms with Gasteiger partial charge in [0, 0.05) is 35.9 Å². The van der Waals surface area contributed by atoms with Gasteiger partial charge in [0.05, 0.1) is 13.2 Å². The Kier molecular flexibility index (Phi) is 62.2. The Balaban J connectivity index is 0.000000282. The van der Waals surface area contributed by atoms with Crippen molar-refractivity contribution < 1.29 is 20.4 Å². The van der Waals surface area contributed by atoms with Crippen molar-refractivity contribution in [1.29, 1.82) is 0 Å².